The predicted octanol–water partition coefficient (Wildman–Crippen LogP) is 9.50. The van der Waals surface area contributed by atoms with Crippen molar-refractivity contribution in [3.8, 4) is 49.6 Å². The standard InChI is InChI=1S/C55H56N6O9S2/c1-32(35-13-15-36(16-14-35)49-33(2)56-31-71-49)58-53(67)45-27-41(64)30-61(45)54(68)51(55(3,4)5)59-47(65)10-7-25-69-42-22-11-34(12-23-42)29-57-60-52(66)38-8-6-9-43(26-38)70-48-44-24-21-40(63)28-46(44)72-50(48)37-17-19-39(62)20-18-37/h6,8-9,11-24,26,28-29,31-32,41,45,51,62-64H,7,10,25,27,30H2,1-5H3,(H,58,67)(H,59,65)(H,60,66)/b57-29+/t32-,41+,45-,51+/m0/s1. The monoisotopic (exact) mass is 1010 g/mol. The van der Waals surface area contributed by atoms with Gasteiger partial charge in [0, 0.05) is 35.0 Å². The van der Waals surface area contributed by atoms with Gasteiger partial charge in [0.1, 0.15) is 35.1 Å². The van der Waals surface area contributed by atoms with Crippen molar-refractivity contribution < 1.29 is 44.0 Å². The third kappa shape index (κ3) is 12.3. The molecule has 1 aliphatic heterocycles. The average molecular weight is 1010 g/mol. The Morgan fingerprint density at radius 1 is 0.875 bits per heavy atom. The minimum Gasteiger partial charge on any atom is -0.508 e. The summed E-state index contributed by atoms with van der Waals surface area (Å²) in [5.41, 5.74) is 8.38. The Labute approximate surface area is 425 Å². The summed E-state index contributed by atoms with van der Waals surface area (Å²) in [5, 5.41) is 41.5. The van der Waals surface area contributed by atoms with E-state index in [0.717, 1.165) is 42.2 Å². The second kappa shape index (κ2) is 22.2. The van der Waals surface area contributed by atoms with E-state index >= 15 is 0 Å². The van der Waals surface area contributed by atoms with Crippen molar-refractivity contribution in [1.82, 2.24) is 25.9 Å². The number of aliphatic hydroxyl groups excluding tert-OH is 1. The quantitative estimate of drug-likeness (QED) is 0.0289. The van der Waals surface area contributed by atoms with Crippen LogP contribution in [0, 0.1) is 12.3 Å². The van der Waals surface area contributed by atoms with Crippen LogP contribution in [-0.2, 0) is 14.4 Å². The number of thiophene rings is 1. The molecule has 372 valence electrons. The molecule has 4 atom stereocenters. The fourth-order valence-corrected chi connectivity index (χ4v) is 10.3. The number of rotatable bonds is 17. The van der Waals surface area contributed by atoms with Crippen molar-refractivity contribution in [3.63, 3.8) is 0 Å². The fourth-order valence-electron chi connectivity index (χ4n) is 8.34. The van der Waals surface area contributed by atoms with E-state index < -0.39 is 35.4 Å². The lowest BCUT2D eigenvalue weighted by Gasteiger charge is -2.35. The number of aromatic nitrogens is 1. The number of fused-ring (bicyclic) bond motifs is 1. The van der Waals surface area contributed by atoms with Gasteiger partial charge < -0.3 is 40.3 Å². The molecule has 7 aromatic rings. The normalized spacial score (nSPS) is 15.6. The van der Waals surface area contributed by atoms with Gasteiger partial charge in [0.25, 0.3) is 5.91 Å². The van der Waals surface area contributed by atoms with Gasteiger partial charge in [-0.3, -0.25) is 19.2 Å². The number of carbonyl (C=O) groups is 4. The van der Waals surface area contributed by atoms with E-state index in [1.807, 2.05) is 64.4 Å². The van der Waals surface area contributed by atoms with E-state index in [0.29, 0.717) is 34.8 Å². The maximum Gasteiger partial charge on any atom is 0.271 e. The molecule has 1 fully saturated rings. The fraction of sp³-hybridized carbons (Fsp3) is 0.273. The first-order chi connectivity index (χ1) is 34.5. The Morgan fingerprint density at radius 3 is 2.29 bits per heavy atom. The number of β-amino-alcohol motifs (C(OH)–C–C–N with tert-alkyl or cyclic N) is 1. The maximum atomic E-state index is 14.1. The first kappa shape index (κ1) is 50.8. The number of nitrogens with zero attached hydrogens (tertiary/aromatic N) is 3. The molecule has 0 spiro atoms. The van der Waals surface area contributed by atoms with Crippen LogP contribution in [0.5, 0.6) is 28.7 Å². The van der Waals surface area contributed by atoms with Gasteiger partial charge in [0.15, 0.2) is 5.75 Å². The van der Waals surface area contributed by atoms with Crippen LogP contribution in [0.3, 0.4) is 0 Å². The van der Waals surface area contributed by atoms with Gasteiger partial charge in [-0.1, -0.05) is 51.1 Å². The molecule has 2 aromatic heterocycles. The lowest BCUT2D eigenvalue weighted by Crippen LogP contribution is -2.57. The molecule has 17 heteroatoms. The smallest absolute Gasteiger partial charge is 0.271 e. The van der Waals surface area contributed by atoms with Gasteiger partial charge in [0.05, 0.1) is 45.9 Å². The minimum absolute atomic E-state index is 0.0245. The largest absolute Gasteiger partial charge is 0.508 e. The summed E-state index contributed by atoms with van der Waals surface area (Å²) < 4.78 is 13.1. The van der Waals surface area contributed by atoms with Crippen molar-refractivity contribution in [3.05, 3.63) is 143 Å². The summed E-state index contributed by atoms with van der Waals surface area (Å²) in [4.78, 5) is 61.8. The highest BCUT2D eigenvalue weighted by Crippen LogP contribution is 2.47. The van der Waals surface area contributed by atoms with Crippen LogP contribution < -0.4 is 25.5 Å². The van der Waals surface area contributed by atoms with Gasteiger partial charge in [-0.2, -0.15) is 5.10 Å². The molecule has 0 bridgehead atoms. The molecule has 6 N–H and O–H groups in total. The molecule has 0 saturated carbocycles. The molecule has 0 aliphatic carbocycles. The lowest BCUT2D eigenvalue weighted by atomic mass is 9.85. The van der Waals surface area contributed by atoms with Crippen LogP contribution in [0.2, 0.25) is 0 Å². The molecule has 5 aromatic carbocycles. The van der Waals surface area contributed by atoms with Crippen LogP contribution in [0.1, 0.15) is 80.2 Å². The van der Waals surface area contributed by atoms with E-state index in [1.165, 1.54) is 22.5 Å². The number of ether oxygens (including phenoxy) is 2. The van der Waals surface area contributed by atoms with E-state index in [-0.39, 0.29) is 55.3 Å². The number of amides is 4. The summed E-state index contributed by atoms with van der Waals surface area (Å²) in [6, 6.07) is 31.2. The number of nitrogens with one attached hydrogen (secondary N) is 3. The molecule has 3 heterocycles. The van der Waals surface area contributed by atoms with Crippen LogP contribution in [0.25, 0.3) is 31.0 Å². The van der Waals surface area contributed by atoms with Gasteiger partial charge >= 0.3 is 0 Å². The summed E-state index contributed by atoms with van der Waals surface area (Å²) >= 11 is 3.00. The first-order valence-electron chi connectivity index (χ1n) is 23.5. The molecular weight excluding hydrogens is 953 g/mol. The Kier molecular flexibility index (Phi) is 15.7. The molecule has 1 saturated heterocycles. The topological polar surface area (TPSA) is 212 Å². The number of aliphatic hydroxyl groups is 1. The summed E-state index contributed by atoms with van der Waals surface area (Å²) in [5.74, 6) is 0.192. The van der Waals surface area contributed by atoms with Gasteiger partial charge in [-0.05, 0) is 133 Å². The Morgan fingerprint density at radius 2 is 1.58 bits per heavy atom. The highest BCUT2D eigenvalue weighted by atomic mass is 32.1. The molecular formula is C55H56N6O9S2. The van der Waals surface area contributed by atoms with Crippen molar-refractivity contribution in [2.45, 2.75) is 78.1 Å². The van der Waals surface area contributed by atoms with E-state index in [1.54, 1.807) is 102 Å². The van der Waals surface area contributed by atoms with Crippen molar-refractivity contribution in [2.24, 2.45) is 10.5 Å². The van der Waals surface area contributed by atoms with Crippen LogP contribution in [0.15, 0.2) is 126 Å². The number of benzene rings is 5. The summed E-state index contributed by atoms with van der Waals surface area (Å²) in [7, 11) is 0. The van der Waals surface area contributed by atoms with E-state index in [4.69, 9.17) is 9.47 Å². The van der Waals surface area contributed by atoms with Crippen molar-refractivity contribution in [2.75, 3.05) is 13.2 Å². The molecule has 4 amide bonds. The third-order valence-corrected chi connectivity index (χ3v) is 14.4. The lowest BCUT2D eigenvalue weighted by molar-refractivity contribution is -0.144. The number of carbonyl (C=O) groups excluding carboxylic acids is 4. The Hall–Kier alpha value is -7.60. The second-order valence-electron chi connectivity index (χ2n) is 18.7. The van der Waals surface area contributed by atoms with Crippen molar-refractivity contribution in [1.29, 1.82) is 0 Å². The highest BCUT2D eigenvalue weighted by Gasteiger charge is 2.44. The number of hydrazone groups is 1. The average Bonchev–Trinajstić information content (AvgIpc) is 4.08. The number of thiazole rings is 1. The zero-order valence-corrected chi connectivity index (χ0v) is 42.1. The SMILES string of the molecule is Cc1ncsc1-c1ccc([C@H](C)NC(=O)[C@@H]2C[C@@H](O)CN2C(=O)[C@@H](NC(=O)CCCOc2ccc(/C=N/NC(=O)c3cccc(Oc4c(-c5ccc(O)cc5)sc5cc(O)ccc45)c3)cc2)C(C)(C)C)cc1. The molecule has 0 radical (unpaired) electrons. The van der Waals surface area contributed by atoms with Gasteiger partial charge in [0.2, 0.25) is 17.7 Å². The highest BCUT2D eigenvalue weighted by molar-refractivity contribution is 7.22. The number of hydrogen-bond acceptors (Lipinski definition) is 13. The summed E-state index contributed by atoms with van der Waals surface area (Å²) in [6.07, 6.45) is 1.15. The van der Waals surface area contributed by atoms with Crippen molar-refractivity contribution >= 4 is 62.6 Å². The Balaban J connectivity index is 0.795. The first-order valence-corrected chi connectivity index (χ1v) is 25.2. The van der Waals surface area contributed by atoms with Gasteiger partial charge in [-0.15, -0.1) is 22.7 Å². The van der Waals surface area contributed by atoms with E-state index in [9.17, 15) is 34.5 Å². The number of likely N-dealkylation sites (tertiary alicyclic amines) is 1. The zero-order chi connectivity index (χ0) is 51.1. The van der Waals surface area contributed by atoms with Gasteiger partial charge in [-0.25, -0.2) is 10.4 Å². The molecule has 0 unspecified atom stereocenters. The van der Waals surface area contributed by atoms with Crippen LogP contribution in [-0.4, -0.2) is 86.4 Å². The molecule has 15 nitrogen and oxygen atoms in total. The minimum atomic E-state index is -0.952. The number of aryl methyl sites for hydroxylation is 1. The summed E-state index contributed by atoms with van der Waals surface area (Å²) in [6.45, 7) is 9.57. The third-order valence-electron chi connectivity index (χ3n) is 12.2. The van der Waals surface area contributed by atoms with E-state index in [2.05, 4.69) is 26.1 Å². The number of hydrogen-bond donors (Lipinski definition) is 6. The zero-order valence-electron chi connectivity index (χ0n) is 40.4. The predicted molar refractivity (Wildman–Crippen MR) is 280 cm³/mol. The Bertz CT molecular complexity index is 3090. The maximum absolute atomic E-state index is 14.1. The molecule has 72 heavy (non-hydrogen) atoms. The molecule has 1 aliphatic rings. The molecule has 8 rings (SSSR count). The van der Waals surface area contributed by atoms with Crippen LogP contribution in [0.4, 0.5) is 0 Å². The second-order valence-corrected chi connectivity index (χ2v) is 20.6. The number of aromatic hydroxyl groups is 2. The number of phenols is 2. The van der Waals surface area contributed by atoms with Crippen LogP contribution >= 0.6 is 22.7 Å². The number of phenolic OH excluding ortho intramolecular Hbond substituents is 2.